The smallest absolute Gasteiger partial charge is 0.266 e. The molecule has 1 amide bonds. The summed E-state index contributed by atoms with van der Waals surface area (Å²) in [4.78, 5) is 30.6. The number of carbonyl (C=O) groups excluding carboxylic acids is 1. The molecule has 0 fully saturated rings. The van der Waals surface area contributed by atoms with E-state index < -0.39 is 5.25 Å². The Bertz CT molecular complexity index is 1080. The van der Waals surface area contributed by atoms with E-state index in [1.54, 1.807) is 10.6 Å². The van der Waals surface area contributed by atoms with Gasteiger partial charge in [0, 0.05) is 19.8 Å². The molecule has 7 heteroatoms. The topological polar surface area (TPSA) is 73.2 Å². The van der Waals surface area contributed by atoms with Gasteiger partial charge < -0.3 is 10.1 Å². The molecule has 0 aliphatic rings. The minimum Gasteiger partial charge on any atom is -0.382 e. The maximum absolute atomic E-state index is 13.3. The quantitative estimate of drug-likeness (QED) is 0.294. The lowest BCUT2D eigenvalue weighted by molar-refractivity contribution is -0.120. The highest BCUT2D eigenvalue weighted by Gasteiger charge is 2.20. The molecule has 1 atom stereocenters. The molecule has 3 rings (SSSR count). The SMILES string of the molecule is CCOCCCNC(=O)C(C)Sc1nc2ccccc2c(=O)n1-c1ccc(CC)cc1. The van der Waals surface area contributed by atoms with E-state index in [1.165, 1.54) is 17.3 Å². The van der Waals surface area contributed by atoms with Crippen molar-refractivity contribution in [2.75, 3.05) is 19.8 Å². The van der Waals surface area contributed by atoms with Crippen molar-refractivity contribution in [3.05, 3.63) is 64.4 Å². The van der Waals surface area contributed by atoms with Crippen LogP contribution in [0.5, 0.6) is 0 Å². The first-order chi connectivity index (χ1) is 15.0. The molecule has 164 valence electrons. The summed E-state index contributed by atoms with van der Waals surface area (Å²) in [5.41, 5.74) is 2.43. The van der Waals surface area contributed by atoms with Crippen molar-refractivity contribution in [3.8, 4) is 5.69 Å². The Hall–Kier alpha value is -2.64. The van der Waals surface area contributed by atoms with Crippen LogP contribution in [0.1, 0.15) is 32.8 Å². The third kappa shape index (κ3) is 5.74. The molecular formula is C24H29N3O3S. The monoisotopic (exact) mass is 439 g/mol. The molecule has 6 nitrogen and oxygen atoms in total. The van der Waals surface area contributed by atoms with E-state index >= 15 is 0 Å². The summed E-state index contributed by atoms with van der Waals surface area (Å²) in [6.45, 7) is 7.72. The number of aryl methyl sites for hydroxylation is 1. The van der Waals surface area contributed by atoms with Gasteiger partial charge in [-0.05, 0) is 56.5 Å². The van der Waals surface area contributed by atoms with Crippen LogP contribution in [-0.2, 0) is 16.0 Å². The summed E-state index contributed by atoms with van der Waals surface area (Å²) in [7, 11) is 0. The molecule has 0 spiro atoms. The van der Waals surface area contributed by atoms with Gasteiger partial charge in [0.15, 0.2) is 5.16 Å². The third-order valence-electron chi connectivity index (χ3n) is 4.97. The van der Waals surface area contributed by atoms with Crippen LogP contribution in [-0.4, -0.2) is 40.5 Å². The maximum Gasteiger partial charge on any atom is 0.266 e. The fourth-order valence-corrected chi connectivity index (χ4v) is 4.14. The highest BCUT2D eigenvalue weighted by molar-refractivity contribution is 8.00. The maximum atomic E-state index is 13.3. The average molecular weight is 440 g/mol. The molecule has 1 heterocycles. The number of carbonyl (C=O) groups is 1. The fraction of sp³-hybridized carbons (Fsp3) is 0.375. The number of benzene rings is 2. The molecule has 31 heavy (non-hydrogen) atoms. The van der Waals surface area contributed by atoms with Crippen molar-refractivity contribution < 1.29 is 9.53 Å². The minimum atomic E-state index is -0.402. The molecular weight excluding hydrogens is 410 g/mol. The van der Waals surface area contributed by atoms with Gasteiger partial charge in [-0.1, -0.05) is 43.0 Å². The number of rotatable bonds is 10. The number of aromatic nitrogens is 2. The van der Waals surface area contributed by atoms with Crippen LogP contribution in [0, 0.1) is 0 Å². The first-order valence-electron chi connectivity index (χ1n) is 10.7. The van der Waals surface area contributed by atoms with Crippen LogP contribution < -0.4 is 10.9 Å². The Kier molecular flexibility index (Phi) is 8.26. The third-order valence-corrected chi connectivity index (χ3v) is 6.02. The van der Waals surface area contributed by atoms with Gasteiger partial charge in [0.1, 0.15) is 0 Å². The lowest BCUT2D eigenvalue weighted by atomic mass is 10.1. The van der Waals surface area contributed by atoms with E-state index in [4.69, 9.17) is 9.72 Å². The Morgan fingerprint density at radius 1 is 1.16 bits per heavy atom. The van der Waals surface area contributed by atoms with Crippen molar-refractivity contribution in [3.63, 3.8) is 0 Å². The molecule has 2 aromatic carbocycles. The van der Waals surface area contributed by atoms with E-state index in [0.29, 0.717) is 35.8 Å². The molecule has 0 radical (unpaired) electrons. The molecule has 0 saturated carbocycles. The Morgan fingerprint density at radius 2 is 1.90 bits per heavy atom. The van der Waals surface area contributed by atoms with Crippen molar-refractivity contribution in [2.45, 2.75) is 44.0 Å². The van der Waals surface area contributed by atoms with Crippen LogP contribution in [0.4, 0.5) is 0 Å². The number of hydrogen-bond acceptors (Lipinski definition) is 5. The summed E-state index contributed by atoms with van der Waals surface area (Å²) in [5.74, 6) is -0.0863. The van der Waals surface area contributed by atoms with E-state index in [2.05, 4.69) is 12.2 Å². The lowest BCUT2D eigenvalue weighted by Gasteiger charge is -2.16. The standard InChI is InChI=1S/C24H29N3O3S/c1-4-18-11-13-19(14-12-18)27-23(29)20-9-6-7-10-21(20)26-24(27)31-17(3)22(28)25-15-8-16-30-5-2/h6-7,9-14,17H,4-5,8,15-16H2,1-3H3,(H,25,28). The van der Waals surface area contributed by atoms with Crippen molar-refractivity contribution in [1.29, 1.82) is 0 Å². The number of amides is 1. The molecule has 0 saturated heterocycles. The highest BCUT2D eigenvalue weighted by Crippen LogP contribution is 2.25. The zero-order valence-corrected chi connectivity index (χ0v) is 19.1. The van der Waals surface area contributed by atoms with Gasteiger partial charge in [0.25, 0.3) is 5.56 Å². The normalized spacial score (nSPS) is 12.1. The van der Waals surface area contributed by atoms with Crippen molar-refractivity contribution >= 4 is 28.6 Å². The molecule has 0 bridgehead atoms. The second-order valence-corrected chi connectivity index (χ2v) is 8.48. The van der Waals surface area contributed by atoms with Crippen molar-refractivity contribution in [1.82, 2.24) is 14.9 Å². The Labute approximate surface area is 187 Å². The number of fused-ring (bicyclic) bond motifs is 1. The predicted molar refractivity (Wildman–Crippen MR) is 126 cm³/mol. The zero-order chi connectivity index (χ0) is 22.2. The average Bonchev–Trinajstić information content (AvgIpc) is 2.79. The number of nitrogens with one attached hydrogen (secondary N) is 1. The molecule has 1 aromatic heterocycles. The second kappa shape index (κ2) is 11.1. The molecule has 1 N–H and O–H groups in total. The zero-order valence-electron chi connectivity index (χ0n) is 18.3. The van der Waals surface area contributed by atoms with Crippen LogP contribution in [0.15, 0.2) is 58.5 Å². The van der Waals surface area contributed by atoms with Gasteiger partial charge >= 0.3 is 0 Å². The summed E-state index contributed by atoms with van der Waals surface area (Å²) in [6.07, 6.45) is 1.69. The summed E-state index contributed by atoms with van der Waals surface area (Å²) >= 11 is 1.29. The Morgan fingerprint density at radius 3 is 2.61 bits per heavy atom. The van der Waals surface area contributed by atoms with Crippen LogP contribution in [0.3, 0.4) is 0 Å². The summed E-state index contributed by atoms with van der Waals surface area (Å²) < 4.78 is 6.90. The molecule has 0 aliphatic heterocycles. The van der Waals surface area contributed by atoms with Gasteiger partial charge in [-0.15, -0.1) is 0 Å². The number of ether oxygens (including phenoxy) is 1. The number of para-hydroxylation sites is 1. The molecule has 1 unspecified atom stereocenters. The summed E-state index contributed by atoms with van der Waals surface area (Å²) in [6, 6.07) is 15.2. The number of hydrogen-bond donors (Lipinski definition) is 1. The van der Waals surface area contributed by atoms with Crippen molar-refractivity contribution in [2.24, 2.45) is 0 Å². The van der Waals surface area contributed by atoms with Gasteiger partial charge in [-0.2, -0.15) is 0 Å². The second-order valence-electron chi connectivity index (χ2n) is 7.17. The largest absolute Gasteiger partial charge is 0.382 e. The molecule has 3 aromatic rings. The fourth-order valence-electron chi connectivity index (χ4n) is 3.19. The summed E-state index contributed by atoms with van der Waals surface area (Å²) in [5, 5.41) is 3.59. The van der Waals surface area contributed by atoms with E-state index in [-0.39, 0.29) is 11.5 Å². The van der Waals surface area contributed by atoms with Gasteiger partial charge in [-0.3, -0.25) is 14.2 Å². The van der Waals surface area contributed by atoms with E-state index in [0.717, 1.165) is 18.5 Å². The van der Waals surface area contributed by atoms with Crippen LogP contribution >= 0.6 is 11.8 Å². The number of thioether (sulfide) groups is 1. The van der Waals surface area contributed by atoms with Crippen LogP contribution in [0.25, 0.3) is 16.6 Å². The lowest BCUT2D eigenvalue weighted by Crippen LogP contribution is -2.33. The number of nitrogens with zero attached hydrogens (tertiary/aromatic N) is 2. The Balaban J connectivity index is 1.89. The van der Waals surface area contributed by atoms with Gasteiger partial charge in [0.2, 0.25) is 5.91 Å². The first-order valence-corrected chi connectivity index (χ1v) is 11.6. The highest BCUT2D eigenvalue weighted by atomic mass is 32.2. The van der Waals surface area contributed by atoms with E-state index in [9.17, 15) is 9.59 Å². The van der Waals surface area contributed by atoms with Gasteiger partial charge in [0.05, 0.1) is 21.8 Å². The predicted octanol–water partition coefficient (Wildman–Crippen LogP) is 3.97. The van der Waals surface area contributed by atoms with E-state index in [1.807, 2.05) is 56.3 Å². The molecule has 0 aliphatic carbocycles. The minimum absolute atomic E-state index is 0.0863. The van der Waals surface area contributed by atoms with Crippen LogP contribution in [0.2, 0.25) is 0 Å². The first kappa shape index (κ1) is 23.0. The van der Waals surface area contributed by atoms with Gasteiger partial charge in [-0.25, -0.2) is 4.98 Å².